The van der Waals surface area contributed by atoms with Gasteiger partial charge in [0.1, 0.15) is 7.42 Å². The van der Waals surface area contributed by atoms with Gasteiger partial charge < -0.3 is 0 Å². The van der Waals surface area contributed by atoms with Crippen LogP contribution in [0.4, 0.5) is 0 Å². The van der Waals surface area contributed by atoms with Crippen LogP contribution in [0.1, 0.15) is 83.1 Å². The van der Waals surface area contributed by atoms with Crippen LogP contribution in [0.5, 0.6) is 0 Å². The standard InChI is InChI=1S/C19H42N2P2S2/c1-13-20(14-2)23(21(15(3)4)16(5)6)25-17(24)22(18(7,8)9)19(10,11)12/h15-16H,13-14H2,1-12H3/t23-/m1/s1. The predicted molar refractivity (Wildman–Crippen MR) is 129 cm³/mol. The fourth-order valence-corrected chi connectivity index (χ4v) is 16.9. The summed E-state index contributed by atoms with van der Waals surface area (Å²) in [5, 5.41) is 0.477. The van der Waals surface area contributed by atoms with E-state index < -0.39 is 7.42 Å². The Labute approximate surface area is 170 Å². The highest BCUT2D eigenvalue weighted by molar-refractivity contribution is 8.68. The van der Waals surface area contributed by atoms with Crippen LogP contribution in [0.25, 0.3) is 0 Å². The summed E-state index contributed by atoms with van der Waals surface area (Å²) in [4.78, 5) is 0. The van der Waals surface area contributed by atoms with E-state index in [1.807, 2.05) is 11.4 Å². The Kier molecular flexibility index (Phi) is 11.2. The van der Waals surface area contributed by atoms with E-state index in [0.29, 0.717) is 12.1 Å². The summed E-state index contributed by atoms with van der Waals surface area (Å²) in [6.07, 6.45) is 0. The van der Waals surface area contributed by atoms with Gasteiger partial charge in [-0.25, -0.2) is 0 Å². The summed E-state index contributed by atoms with van der Waals surface area (Å²) < 4.78 is 6.54. The van der Waals surface area contributed by atoms with Crippen molar-refractivity contribution in [3.63, 3.8) is 0 Å². The van der Waals surface area contributed by atoms with Gasteiger partial charge in [-0.15, -0.1) is 0 Å². The molecule has 0 radical (unpaired) electrons. The van der Waals surface area contributed by atoms with E-state index in [9.17, 15) is 0 Å². The second-order valence-electron chi connectivity index (χ2n) is 8.99. The molecule has 6 heteroatoms. The molecular formula is C19H42N2P2S2. The van der Waals surface area contributed by atoms with Gasteiger partial charge >= 0.3 is 0 Å². The van der Waals surface area contributed by atoms with Gasteiger partial charge in [0, 0.05) is 25.2 Å². The molecule has 0 fully saturated rings. The van der Waals surface area contributed by atoms with Crippen molar-refractivity contribution in [1.82, 2.24) is 9.34 Å². The molecule has 0 rings (SSSR count). The van der Waals surface area contributed by atoms with Gasteiger partial charge in [-0.1, -0.05) is 79.0 Å². The maximum atomic E-state index is 6.11. The quantitative estimate of drug-likeness (QED) is 0.290. The van der Waals surface area contributed by atoms with Crippen molar-refractivity contribution in [2.75, 3.05) is 13.1 Å². The molecule has 0 saturated heterocycles. The van der Waals surface area contributed by atoms with E-state index in [2.05, 4.69) is 92.4 Å². The summed E-state index contributed by atoms with van der Waals surface area (Å²) in [6.45, 7) is 30.1. The molecule has 0 unspecified atom stereocenters. The van der Waals surface area contributed by atoms with E-state index in [4.69, 9.17) is 12.2 Å². The Morgan fingerprint density at radius 3 is 1.48 bits per heavy atom. The summed E-state index contributed by atoms with van der Waals surface area (Å²) in [6, 6.07) is 1.05. The van der Waals surface area contributed by atoms with Crippen molar-refractivity contribution in [2.24, 2.45) is 0 Å². The summed E-state index contributed by atoms with van der Waals surface area (Å²) >= 11 is 8.12. The first-order valence-electron chi connectivity index (χ1n) is 9.53. The number of hydrogen-bond acceptors (Lipinski definition) is 4. The largest absolute Gasteiger partial charge is 0.262 e. The van der Waals surface area contributed by atoms with Gasteiger partial charge in [0.15, 0.2) is 0 Å². The zero-order valence-corrected chi connectivity index (χ0v) is 22.1. The Hall–Kier alpha value is 1.22. The van der Waals surface area contributed by atoms with Crippen molar-refractivity contribution in [1.29, 1.82) is 0 Å². The average molecular weight is 425 g/mol. The fourth-order valence-electron chi connectivity index (χ4n) is 3.37. The minimum absolute atomic E-state index is 0.239. The van der Waals surface area contributed by atoms with Crippen LogP contribution in [-0.4, -0.2) is 48.8 Å². The molecule has 2 nitrogen and oxygen atoms in total. The van der Waals surface area contributed by atoms with Crippen molar-refractivity contribution in [3.05, 3.63) is 0 Å². The number of rotatable bonds is 8. The smallest absolute Gasteiger partial charge is 0.109 e. The van der Waals surface area contributed by atoms with Crippen molar-refractivity contribution >= 4 is 42.9 Å². The minimum atomic E-state index is -0.474. The average Bonchev–Trinajstić information content (AvgIpc) is 2.34. The lowest BCUT2D eigenvalue weighted by Crippen LogP contribution is -2.37. The lowest BCUT2D eigenvalue weighted by atomic mass is 10.2. The molecule has 0 bridgehead atoms. The molecule has 25 heavy (non-hydrogen) atoms. The van der Waals surface area contributed by atoms with E-state index >= 15 is 0 Å². The molecule has 1 atom stereocenters. The Balaban J connectivity index is 5.80. The van der Waals surface area contributed by atoms with E-state index in [1.54, 1.807) is 0 Å². The third-order valence-electron chi connectivity index (χ3n) is 3.91. The predicted octanol–water partition coefficient (Wildman–Crippen LogP) is 7.77. The number of thiocarbonyl (C=S) groups is 1. The zero-order chi connectivity index (χ0) is 20.2. The van der Waals surface area contributed by atoms with Crippen molar-refractivity contribution in [2.45, 2.75) is 105 Å². The van der Waals surface area contributed by atoms with Gasteiger partial charge in [-0.3, -0.25) is 9.34 Å². The van der Waals surface area contributed by atoms with Crippen LogP contribution in [0.3, 0.4) is 0 Å². The lowest BCUT2D eigenvalue weighted by Gasteiger charge is -2.46. The van der Waals surface area contributed by atoms with Crippen LogP contribution in [0.15, 0.2) is 0 Å². The number of nitrogens with zero attached hydrogens (tertiary/aromatic N) is 2. The van der Waals surface area contributed by atoms with Crippen LogP contribution in [0.2, 0.25) is 0 Å². The highest BCUT2D eigenvalue weighted by atomic mass is 32.7. The van der Waals surface area contributed by atoms with Crippen LogP contribution >= 0.6 is 38.9 Å². The highest BCUT2D eigenvalue weighted by Gasteiger charge is 2.40. The SMILES string of the molecule is CCN(CC)[P@@](SC(=S)P(C(C)(C)C)C(C)(C)C)N(C(C)C)C(C)C. The topological polar surface area (TPSA) is 6.48 Å². The first-order chi connectivity index (χ1) is 11.2. The van der Waals surface area contributed by atoms with Crippen LogP contribution in [-0.2, 0) is 0 Å². The monoisotopic (exact) mass is 424 g/mol. The number of hydrogen-bond donors (Lipinski definition) is 0. The first kappa shape index (κ1) is 26.2. The minimum Gasteiger partial charge on any atom is -0.262 e. The molecule has 0 N–H and O–H groups in total. The van der Waals surface area contributed by atoms with Crippen LogP contribution < -0.4 is 0 Å². The van der Waals surface area contributed by atoms with Crippen molar-refractivity contribution < 1.29 is 0 Å². The molecule has 0 saturated carbocycles. The molecule has 0 spiro atoms. The molecule has 0 aromatic rings. The summed E-state index contributed by atoms with van der Waals surface area (Å²) in [5.41, 5.74) is 0. The Morgan fingerprint density at radius 1 is 0.880 bits per heavy atom. The Morgan fingerprint density at radius 2 is 1.24 bits per heavy atom. The van der Waals surface area contributed by atoms with E-state index in [-0.39, 0.29) is 18.2 Å². The fraction of sp³-hybridized carbons (Fsp3) is 0.947. The van der Waals surface area contributed by atoms with Gasteiger partial charge in [-0.05, 0) is 45.9 Å². The molecule has 0 aromatic heterocycles. The third-order valence-corrected chi connectivity index (χ3v) is 14.4. The normalized spacial score (nSPS) is 15.1. The molecule has 0 amide bonds. The van der Waals surface area contributed by atoms with E-state index in [0.717, 1.165) is 13.1 Å². The zero-order valence-electron chi connectivity index (χ0n) is 18.7. The lowest BCUT2D eigenvalue weighted by molar-refractivity contribution is 0.305. The van der Waals surface area contributed by atoms with Gasteiger partial charge in [-0.2, -0.15) is 0 Å². The van der Waals surface area contributed by atoms with Gasteiger partial charge in [0.05, 0.1) is 3.94 Å². The van der Waals surface area contributed by atoms with E-state index in [1.165, 1.54) is 3.94 Å². The molecule has 150 valence electrons. The summed E-state index contributed by atoms with van der Waals surface area (Å²) in [7, 11) is -0.852. The van der Waals surface area contributed by atoms with Crippen molar-refractivity contribution in [3.8, 4) is 0 Å². The maximum Gasteiger partial charge on any atom is 0.109 e. The molecule has 0 aliphatic carbocycles. The second kappa shape index (κ2) is 10.7. The molecule has 0 aliphatic rings. The third kappa shape index (κ3) is 8.00. The first-order valence-corrected chi connectivity index (χ1v) is 14.0. The van der Waals surface area contributed by atoms with Crippen LogP contribution in [0, 0.1) is 0 Å². The Bertz CT molecular complexity index is 389. The highest BCUT2D eigenvalue weighted by Crippen LogP contribution is 2.69. The molecule has 0 aromatic carbocycles. The molecule has 0 aliphatic heterocycles. The van der Waals surface area contributed by atoms with Gasteiger partial charge in [0.2, 0.25) is 0 Å². The molecule has 0 heterocycles. The molecular weight excluding hydrogens is 382 g/mol. The maximum absolute atomic E-state index is 6.11. The summed E-state index contributed by atoms with van der Waals surface area (Å²) in [5.74, 6) is 0. The second-order valence-corrected chi connectivity index (χ2v) is 17.7. The van der Waals surface area contributed by atoms with Gasteiger partial charge in [0.25, 0.3) is 0 Å².